The predicted molar refractivity (Wildman–Crippen MR) is 67.8 cm³/mol. The average molecular weight is 244 g/mol. The van der Waals surface area contributed by atoms with Crippen molar-refractivity contribution in [2.75, 3.05) is 5.32 Å². The van der Waals surface area contributed by atoms with E-state index in [0.717, 1.165) is 16.3 Å². The second-order valence-corrected chi connectivity index (χ2v) is 3.69. The minimum absolute atomic E-state index is 0.113. The summed E-state index contributed by atoms with van der Waals surface area (Å²) in [5, 5.41) is 23.5. The molecule has 1 heterocycles. The molecule has 92 valence electrons. The van der Waals surface area contributed by atoms with E-state index in [1.807, 2.05) is 0 Å². The van der Waals surface area contributed by atoms with E-state index >= 15 is 0 Å². The van der Waals surface area contributed by atoms with E-state index in [4.69, 9.17) is 5.21 Å². The van der Waals surface area contributed by atoms with Crippen molar-refractivity contribution in [3.63, 3.8) is 0 Å². The van der Waals surface area contributed by atoms with Gasteiger partial charge in [-0.25, -0.2) is 0 Å². The van der Waals surface area contributed by atoms with Gasteiger partial charge >= 0.3 is 0 Å². The Morgan fingerprint density at radius 1 is 1.56 bits per heavy atom. The monoisotopic (exact) mass is 244 g/mol. The Kier molecular flexibility index (Phi) is 3.47. The van der Waals surface area contributed by atoms with Crippen molar-refractivity contribution >= 4 is 28.7 Å². The van der Waals surface area contributed by atoms with Gasteiger partial charge in [-0.2, -0.15) is 5.10 Å². The van der Waals surface area contributed by atoms with Crippen molar-refractivity contribution in [1.29, 1.82) is 0 Å². The van der Waals surface area contributed by atoms with Gasteiger partial charge in [0.25, 0.3) is 0 Å². The first-order valence-corrected chi connectivity index (χ1v) is 5.47. The van der Waals surface area contributed by atoms with Crippen LogP contribution in [-0.2, 0) is 4.79 Å². The molecule has 6 heteroatoms. The molecule has 6 nitrogen and oxygen atoms in total. The van der Waals surface area contributed by atoms with Gasteiger partial charge < -0.3 is 10.5 Å². The number of rotatable bonds is 3. The normalized spacial score (nSPS) is 10.9. The molecule has 1 amide bonds. The number of anilines is 1. The van der Waals surface area contributed by atoms with Crippen molar-refractivity contribution < 1.29 is 10.0 Å². The molecule has 0 spiro atoms. The topological polar surface area (TPSA) is 87.5 Å². The second-order valence-electron chi connectivity index (χ2n) is 3.69. The molecular weight excluding hydrogens is 232 g/mol. The second kappa shape index (κ2) is 5.22. The highest BCUT2D eigenvalue weighted by atomic mass is 16.4. The maximum Gasteiger partial charge on any atom is 0.225 e. The number of carbonyl (C=O) groups is 1. The fourth-order valence-corrected chi connectivity index (χ4v) is 1.57. The number of fused-ring (bicyclic) bond motifs is 1. The highest BCUT2D eigenvalue weighted by molar-refractivity contribution is 6.01. The first kappa shape index (κ1) is 12.0. The Morgan fingerprint density at radius 3 is 3.11 bits per heavy atom. The molecule has 0 saturated heterocycles. The number of hydrogen-bond donors (Lipinski definition) is 2. The van der Waals surface area contributed by atoms with Gasteiger partial charge in [0.1, 0.15) is 0 Å². The highest BCUT2D eigenvalue weighted by Crippen LogP contribution is 2.20. The lowest BCUT2D eigenvalue weighted by molar-refractivity contribution is -0.115. The lowest BCUT2D eigenvalue weighted by atomic mass is 10.1. The first-order chi connectivity index (χ1) is 8.74. The van der Waals surface area contributed by atoms with Crippen LogP contribution in [0.2, 0.25) is 0 Å². The predicted octanol–water partition coefficient (Wildman–Crippen LogP) is 1.79. The molecule has 0 fully saturated rings. The van der Waals surface area contributed by atoms with E-state index in [0.29, 0.717) is 12.2 Å². The third kappa shape index (κ3) is 2.42. The number of carbonyl (C=O) groups excluding carboxylic acids is 1. The molecule has 0 radical (unpaired) electrons. The summed E-state index contributed by atoms with van der Waals surface area (Å²) in [6, 6.07) is 5.36. The van der Waals surface area contributed by atoms with E-state index in [1.165, 1.54) is 6.21 Å². The van der Waals surface area contributed by atoms with Gasteiger partial charge in [-0.3, -0.25) is 4.79 Å². The fraction of sp³-hybridized carbons (Fsp3) is 0.167. The van der Waals surface area contributed by atoms with Gasteiger partial charge in [0, 0.05) is 17.2 Å². The molecule has 0 saturated carbocycles. The molecule has 0 unspecified atom stereocenters. The van der Waals surface area contributed by atoms with Gasteiger partial charge in [0.2, 0.25) is 5.91 Å². The Labute approximate surface area is 103 Å². The summed E-state index contributed by atoms with van der Waals surface area (Å²) >= 11 is 0. The third-order valence-electron chi connectivity index (χ3n) is 2.47. The molecule has 2 aromatic rings. The highest BCUT2D eigenvalue weighted by Gasteiger charge is 2.06. The lowest BCUT2D eigenvalue weighted by Crippen LogP contribution is -2.11. The molecule has 1 aromatic carbocycles. The van der Waals surface area contributed by atoms with Crippen molar-refractivity contribution in [1.82, 2.24) is 10.2 Å². The van der Waals surface area contributed by atoms with Crippen LogP contribution in [-0.4, -0.2) is 27.5 Å². The summed E-state index contributed by atoms with van der Waals surface area (Å²) in [5.74, 6) is 0.324. The van der Waals surface area contributed by atoms with Crippen molar-refractivity contribution in [3.8, 4) is 0 Å². The third-order valence-corrected chi connectivity index (χ3v) is 2.47. The molecule has 1 aromatic heterocycles. The maximum atomic E-state index is 11.4. The number of aromatic nitrogens is 2. The Morgan fingerprint density at radius 2 is 2.39 bits per heavy atom. The van der Waals surface area contributed by atoms with Crippen LogP contribution in [0.3, 0.4) is 0 Å². The maximum absolute atomic E-state index is 11.4. The summed E-state index contributed by atoms with van der Waals surface area (Å²) in [6.07, 6.45) is 3.29. The molecule has 2 rings (SSSR count). The van der Waals surface area contributed by atoms with Gasteiger partial charge in [-0.05, 0) is 17.7 Å². The zero-order chi connectivity index (χ0) is 13.0. The van der Waals surface area contributed by atoms with E-state index in [1.54, 1.807) is 31.3 Å². The summed E-state index contributed by atoms with van der Waals surface area (Å²) in [4.78, 5) is 11.4. The van der Waals surface area contributed by atoms with E-state index in [-0.39, 0.29) is 5.91 Å². The number of oxime groups is 1. The van der Waals surface area contributed by atoms with E-state index < -0.39 is 0 Å². The van der Waals surface area contributed by atoms with Crippen LogP contribution in [0.25, 0.3) is 10.8 Å². The van der Waals surface area contributed by atoms with Crippen molar-refractivity contribution in [2.24, 2.45) is 5.16 Å². The van der Waals surface area contributed by atoms with Crippen LogP contribution in [0.5, 0.6) is 0 Å². The molecule has 2 N–H and O–H groups in total. The summed E-state index contributed by atoms with van der Waals surface area (Å²) in [7, 11) is 0. The van der Waals surface area contributed by atoms with Gasteiger partial charge in [-0.1, -0.05) is 18.1 Å². The molecule has 0 atom stereocenters. The Bertz CT molecular complexity index is 610. The minimum Gasteiger partial charge on any atom is -0.411 e. The van der Waals surface area contributed by atoms with Gasteiger partial charge in [-0.15, -0.1) is 5.10 Å². The summed E-state index contributed by atoms with van der Waals surface area (Å²) < 4.78 is 0. The quantitative estimate of drug-likeness (QED) is 0.489. The van der Waals surface area contributed by atoms with Crippen LogP contribution < -0.4 is 5.32 Å². The number of nitrogens with one attached hydrogen (secondary N) is 1. The van der Waals surface area contributed by atoms with Crippen LogP contribution in [0.4, 0.5) is 5.82 Å². The molecule has 18 heavy (non-hydrogen) atoms. The zero-order valence-electron chi connectivity index (χ0n) is 9.79. The van der Waals surface area contributed by atoms with Crippen LogP contribution in [0.1, 0.15) is 18.9 Å². The van der Waals surface area contributed by atoms with Crippen LogP contribution in [0.15, 0.2) is 29.6 Å². The van der Waals surface area contributed by atoms with Crippen molar-refractivity contribution in [2.45, 2.75) is 13.3 Å². The van der Waals surface area contributed by atoms with Crippen LogP contribution >= 0.6 is 0 Å². The Balaban J connectivity index is 2.47. The van der Waals surface area contributed by atoms with Crippen molar-refractivity contribution in [3.05, 3.63) is 30.0 Å². The standard InChI is InChI=1S/C12H12N4O2/c1-2-11(17)15-12-10-4-3-8(6-14-18)5-9(10)7-13-16-12/h3-7,18H,2H2,1H3,(H,15,16,17). The molecule has 0 aliphatic heterocycles. The van der Waals surface area contributed by atoms with Gasteiger partial charge in [0.15, 0.2) is 5.82 Å². The first-order valence-electron chi connectivity index (χ1n) is 5.47. The average Bonchev–Trinajstić information content (AvgIpc) is 2.39. The van der Waals surface area contributed by atoms with E-state index in [9.17, 15) is 4.79 Å². The fourth-order valence-electron chi connectivity index (χ4n) is 1.57. The smallest absolute Gasteiger partial charge is 0.225 e. The number of amides is 1. The summed E-state index contributed by atoms with van der Waals surface area (Å²) in [6.45, 7) is 1.77. The van der Waals surface area contributed by atoms with Gasteiger partial charge in [0.05, 0.1) is 12.4 Å². The zero-order valence-corrected chi connectivity index (χ0v) is 9.79. The number of nitrogens with zero attached hydrogens (tertiary/aromatic N) is 3. The summed E-state index contributed by atoms with van der Waals surface area (Å²) in [5.41, 5.74) is 0.741. The lowest BCUT2D eigenvalue weighted by Gasteiger charge is -2.06. The molecular formula is C12H12N4O2. The SMILES string of the molecule is CCC(=O)Nc1nncc2cc(C=NO)ccc12. The van der Waals surface area contributed by atoms with E-state index in [2.05, 4.69) is 20.7 Å². The largest absolute Gasteiger partial charge is 0.411 e. The van der Waals surface area contributed by atoms with Crippen LogP contribution in [0, 0.1) is 0 Å². The number of benzene rings is 1. The molecule has 0 bridgehead atoms. The number of hydrogen-bond acceptors (Lipinski definition) is 5. The molecule has 0 aliphatic carbocycles. The Hall–Kier alpha value is -2.50. The minimum atomic E-state index is -0.113. The molecule has 0 aliphatic rings.